The second kappa shape index (κ2) is 6.28. The molecular formula is C16H24F2N2O. The Morgan fingerprint density at radius 1 is 1.33 bits per heavy atom. The first-order valence-corrected chi connectivity index (χ1v) is 7.47. The molecule has 0 radical (unpaired) electrons. The molecule has 0 aromatic heterocycles. The summed E-state index contributed by atoms with van der Waals surface area (Å²) in [5.74, 6) is -1.12. The molecule has 1 aliphatic rings. The van der Waals surface area contributed by atoms with Gasteiger partial charge in [-0.05, 0) is 37.5 Å². The van der Waals surface area contributed by atoms with Gasteiger partial charge in [0.15, 0.2) is 0 Å². The van der Waals surface area contributed by atoms with Crippen molar-refractivity contribution in [3.63, 3.8) is 0 Å². The summed E-state index contributed by atoms with van der Waals surface area (Å²) in [7, 11) is 0. The summed E-state index contributed by atoms with van der Waals surface area (Å²) in [6, 6.07) is 3.00. The Kier molecular flexibility index (Phi) is 4.84. The van der Waals surface area contributed by atoms with Gasteiger partial charge in [0.25, 0.3) is 0 Å². The van der Waals surface area contributed by atoms with Gasteiger partial charge >= 0.3 is 0 Å². The minimum atomic E-state index is -0.894. The lowest BCUT2D eigenvalue weighted by Gasteiger charge is -2.38. The van der Waals surface area contributed by atoms with E-state index in [-0.39, 0.29) is 18.3 Å². The van der Waals surface area contributed by atoms with Crippen LogP contribution in [0.15, 0.2) is 12.1 Å². The van der Waals surface area contributed by atoms with E-state index in [1.165, 1.54) is 12.1 Å². The summed E-state index contributed by atoms with van der Waals surface area (Å²) in [6.45, 7) is 6.92. The maximum atomic E-state index is 14.3. The minimum absolute atomic E-state index is 0.0247. The predicted molar refractivity (Wildman–Crippen MR) is 80.4 cm³/mol. The molecule has 1 unspecified atom stereocenters. The van der Waals surface area contributed by atoms with Crippen LogP contribution in [0.2, 0.25) is 0 Å². The first-order valence-electron chi connectivity index (χ1n) is 7.47. The Labute approximate surface area is 125 Å². The lowest BCUT2D eigenvalue weighted by atomic mass is 9.94. The van der Waals surface area contributed by atoms with E-state index < -0.39 is 17.2 Å². The van der Waals surface area contributed by atoms with Gasteiger partial charge in [-0.1, -0.05) is 13.8 Å². The second-order valence-electron chi connectivity index (χ2n) is 6.47. The third-order valence-corrected chi connectivity index (χ3v) is 3.78. The topological polar surface area (TPSA) is 35.5 Å². The fourth-order valence-corrected chi connectivity index (χ4v) is 2.76. The maximum Gasteiger partial charge on any atom is 0.149 e. The molecule has 0 aliphatic carbocycles. The number of nitrogens with zero attached hydrogens (tertiary/aromatic N) is 1. The highest BCUT2D eigenvalue weighted by Gasteiger charge is 2.31. The molecule has 1 heterocycles. The first kappa shape index (κ1) is 16.2. The van der Waals surface area contributed by atoms with Gasteiger partial charge in [0.2, 0.25) is 0 Å². The highest BCUT2D eigenvalue weighted by atomic mass is 19.1. The van der Waals surface area contributed by atoms with Crippen molar-refractivity contribution >= 4 is 5.69 Å². The Morgan fingerprint density at radius 2 is 1.95 bits per heavy atom. The zero-order valence-electron chi connectivity index (χ0n) is 12.9. The number of rotatable bonds is 4. The van der Waals surface area contributed by atoms with Gasteiger partial charge in [-0.3, -0.25) is 0 Å². The fraction of sp³-hybridized carbons (Fsp3) is 0.625. The molecular weight excluding hydrogens is 274 g/mol. The van der Waals surface area contributed by atoms with E-state index in [0.717, 1.165) is 6.42 Å². The molecule has 0 spiro atoms. The molecule has 0 bridgehead atoms. The van der Waals surface area contributed by atoms with Gasteiger partial charge < -0.3 is 15.3 Å². The number of hydrogen-bond acceptors (Lipinski definition) is 3. The van der Waals surface area contributed by atoms with Crippen LogP contribution in [0.25, 0.3) is 0 Å². The normalized spacial score (nSPS) is 22.9. The molecule has 1 atom stereocenters. The van der Waals surface area contributed by atoms with Gasteiger partial charge in [-0.25, -0.2) is 8.78 Å². The molecule has 21 heavy (non-hydrogen) atoms. The number of halogens is 2. The van der Waals surface area contributed by atoms with Gasteiger partial charge in [0, 0.05) is 25.7 Å². The molecule has 3 nitrogen and oxygen atoms in total. The summed E-state index contributed by atoms with van der Waals surface area (Å²) < 4.78 is 28.6. The van der Waals surface area contributed by atoms with Crippen molar-refractivity contribution in [2.24, 2.45) is 0 Å². The van der Waals surface area contributed by atoms with Gasteiger partial charge in [-0.2, -0.15) is 0 Å². The van der Waals surface area contributed by atoms with Crippen molar-refractivity contribution < 1.29 is 13.9 Å². The van der Waals surface area contributed by atoms with E-state index in [1.807, 2.05) is 13.8 Å². The number of β-amino-alcohol motifs (C(OH)–C–C–N with tert-alkyl or cyclic N) is 1. The molecule has 118 valence electrons. The van der Waals surface area contributed by atoms with Crippen molar-refractivity contribution in [3.05, 3.63) is 29.3 Å². The summed E-state index contributed by atoms with van der Waals surface area (Å²) in [6.07, 6.45) is 1.38. The molecule has 2 rings (SSSR count). The largest absolute Gasteiger partial charge is 0.388 e. The third-order valence-electron chi connectivity index (χ3n) is 3.78. The summed E-state index contributed by atoms with van der Waals surface area (Å²) in [5, 5.41) is 13.2. The number of aliphatic hydroxyl groups is 1. The Morgan fingerprint density at radius 3 is 2.48 bits per heavy atom. The van der Waals surface area contributed by atoms with Crippen LogP contribution >= 0.6 is 0 Å². The van der Waals surface area contributed by atoms with Crippen LogP contribution in [0, 0.1) is 11.6 Å². The fourth-order valence-electron chi connectivity index (χ4n) is 2.76. The van der Waals surface area contributed by atoms with Gasteiger partial charge in [0.1, 0.15) is 17.3 Å². The first-order chi connectivity index (χ1) is 9.78. The van der Waals surface area contributed by atoms with Crippen LogP contribution in [-0.4, -0.2) is 29.8 Å². The number of nitrogens with one attached hydrogen (secondary N) is 1. The molecule has 1 aliphatic heterocycles. The van der Waals surface area contributed by atoms with Crippen molar-refractivity contribution in [2.45, 2.75) is 51.8 Å². The Bertz CT molecular complexity index is 480. The van der Waals surface area contributed by atoms with Crippen molar-refractivity contribution in [3.8, 4) is 0 Å². The molecule has 0 saturated carbocycles. The molecule has 0 amide bonds. The minimum Gasteiger partial charge on any atom is -0.388 e. The van der Waals surface area contributed by atoms with E-state index in [4.69, 9.17) is 0 Å². The highest BCUT2D eigenvalue weighted by Crippen LogP contribution is 2.30. The van der Waals surface area contributed by atoms with Crippen LogP contribution < -0.4 is 10.2 Å². The van der Waals surface area contributed by atoms with Crippen molar-refractivity contribution in [2.75, 3.05) is 18.0 Å². The summed E-state index contributed by atoms with van der Waals surface area (Å²) in [5.41, 5.74) is -0.330. The van der Waals surface area contributed by atoms with Gasteiger partial charge in [0.05, 0.1) is 5.60 Å². The third kappa shape index (κ3) is 4.14. The zero-order chi connectivity index (χ0) is 15.6. The lowest BCUT2D eigenvalue weighted by molar-refractivity contribution is 0.0446. The van der Waals surface area contributed by atoms with E-state index >= 15 is 0 Å². The Balaban J connectivity index is 2.20. The number of piperidine rings is 1. The molecule has 1 aromatic rings. The van der Waals surface area contributed by atoms with Crippen molar-refractivity contribution in [1.29, 1.82) is 0 Å². The SMILES string of the molecule is CC(C)NCc1cc(F)c(N2CCCC(C)(O)C2)c(F)c1. The van der Waals surface area contributed by atoms with E-state index in [9.17, 15) is 13.9 Å². The Hall–Kier alpha value is -1.20. The molecule has 1 fully saturated rings. The van der Waals surface area contributed by atoms with Gasteiger partial charge in [-0.15, -0.1) is 0 Å². The summed E-state index contributed by atoms with van der Waals surface area (Å²) >= 11 is 0. The van der Waals surface area contributed by atoms with E-state index in [0.29, 0.717) is 25.1 Å². The zero-order valence-corrected chi connectivity index (χ0v) is 12.9. The molecule has 5 heteroatoms. The highest BCUT2D eigenvalue weighted by molar-refractivity contribution is 5.51. The van der Waals surface area contributed by atoms with Crippen LogP contribution in [-0.2, 0) is 6.54 Å². The van der Waals surface area contributed by atoms with E-state index in [2.05, 4.69) is 5.32 Å². The number of hydrogen-bond donors (Lipinski definition) is 2. The lowest BCUT2D eigenvalue weighted by Crippen LogP contribution is -2.46. The number of benzene rings is 1. The van der Waals surface area contributed by atoms with E-state index in [1.54, 1.807) is 11.8 Å². The van der Waals surface area contributed by atoms with Crippen LogP contribution in [0.4, 0.5) is 14.5 Å². The predicted octanol–water partition coefficient (Wildman–Crippen LogP) is 2.81. The standard InChI is InChI=1S/C16H24F2N2O/c1-11(2)19-9-12-7-13(17)15(14(18)8-12)20-6-4-5-16(3,21)10-20/h7-8,11,19,21H,4-6,9-10H2,1-3H3. The monoisotopic (exact) mass is 298 g/mol. The van der Waals surface area contributed by atoms with Crippen molar-refractivity contribution in [1.82, 2.24) is 5.32 Å². The quantitative estimate of drug-likeness (QED) is 0.897. The summed E-state index contributed by atoms with van der Waals surface area (Å²) in [4.78, 5) is 1.60. The second-order valence-corrected chi connectivity index (χ2v) is 6.47. The van der Waals surface area contributed by atoms with Crippen LogP contribution in [0.1, 0.15) is 39.2 Å². The van der Waals surface area contributed by atoms with Crippen LogP contribution in [0.3, 0.4) is 0 Å². The van der Waals surface area contributed by atoms with Crippen LogP contribution in [0.5, 0.6) is 0 Å². The smallest absolute Gasteiger partial charge is 0.149 e. The number of anilines is 1. The maximum absolute atomic E-state index is 14.3. The average molecular weight is 298 g/mol. The molecule has 1 aromatic carbocycles. The molecule has 1 saturated heterocycles. The average Bonchev–Trinajstić information content (AvgIpc) is 2.34. The molecule has 2 N–H and O–H groups in total.